The first-order chi connectivity index (χ1) is 14.7. The average molecular weight is 443 g/mol. The van der Waals surface area contributed by atoms with E-state index in [9.17, 15) is 29.8 Å². The van der Waals surface area contributed by atoms with Crippen molar-refractivity contribution < 1.29 is 19.4 Å². The molecule has 12 heteroatoms. The zero-order chi connectivity index (χ0) is 22.7. The molecule has 0 radical (unpaired) electrons. The van der Waals surface area contributed by atoms with Crippen molar-refractivity contribution in [3.8, 4) is 0 Å². The number of anilines is 2. The van der Waals surface area contributed by atoms with Gasteiger partial charge in [0.05, 0.1) is 21.5 Å². The Labute approximate surface area is 181 Å². The molecule has 0 bridgehead atoms. The Morgan fingerprint density at radius 1 is 1.00 bits per heavy atom. The first-order valence-corrected chi connectivity index (χ1v) is 9.53. The SMILES string of the molecule is Cc1c(NC(=O)C2CC2)cccc1NC(=S)NC(=O)c1cc([N+](=O)[O-])cc([N+](=O)[O-])c1. The van der Waals surface area contributed by atoms with E-state index >= 15 is 0 Å². The number of benzene rings is 2. The molecule has 0 spiro atoms. The Balaban J connectivity index is 1.72. The molecule has 1 aliphatic rings. The molecule has 0 unspecified atom stereocenters. The van der Waals surface area contributed by atoms with Crippen molar-refractivity contribution in [3.05, 3.63) is 67.8 Å². The van der Waals surface area contributed by atoms with E-state index in [1.165, 1.54) is 0 Å². The van der Waals surface area contributed by atoms with Gasteiger partial charge in [-0.25, -0.2) is 0 Å². The molecule has 2 aromatic carbocycles. The summed E-state index contributed by atoms with van der Waals surface area (Å²) in [5, 5.41) is 29.9. The summed E-state index contributed by atoms with van der Waals surface area (Å²) in [5.74, 6) is -0.862. The van der Waals surface area contributed by atoms with Crippen molar-refractivity contribution in [2.75, 3.05) is 10.6 Å². The van der Waals surface area contributed by atoms with Crippen LogP contribution in [0.3, 0.4) is 0 Å². The number of hydrogen-bond donors (Lipinski definition) is 3. The topological polar surface area (TPSA) is 157 Å². The van der Waals surface area contributed by atoms with Gasteiger partial charge in [-0.2, -0.15) is 0 Å². The van der Waals surface area contributed by atoms with Crippen LogP contribution in [0.15, 0.2) is 36.4 Å². The van der Waals surface area contributed by atoms with E-state index in [4.69, 9.17) is 12.2 Å². The van der Waals surface area contributed by atoms with E-state index in [1.54, 1.807) is 25.1 Å². The molecular formula is C19H17N5O6S. The van der Waals surface area contributed by atoms with Crippen LogP contribution in [0.25, 0.3) is 0 Å². The van der Waals surface area contributed by atoms with Gasteiger partial charge in [0.2, 0.25) is 5.91 Å². The summed E-state index contributed by atoms with van der Waals surface area (Å²) < 4.78 is 0. The van der Waals surface area contributed by atoms with E-state index in [0.29, 0.717) is 16.9 Å². The fourth-order valence-corrected chi connectivity index (χ4v) is 2.96. The van der Waals surface area contributed by atoms with E-state index in [2.05, 4.69) is 16.0 Å². The van der Waals surface area contributed by atoms with Gasteiger partial charge in [0.15, 0.2) is 5.11 Å². The summed E-state index contributed by atoms with van der Waals surface area (Å²) in [6.45, 7) is 1.76. The Bertz CT molecular complexity index is 1080. The number of thiocarbonyl (C=S) groups is 1. The summed E-state index contributed by atoms with van der Waals surface area (Å²) >= 11 is 5.13. The zero-order valence-electron chi connectivity index (χ0n) is 16.2. The number of hydrogen-bond acceptors (Lipinski definition) is 7. The Morgan fingerprint density at radius 3 is 2.06 bits per heavy atom. The number of nitrogens with one attached hydrogen (secondary N) is 3. The summed E-state index contributed by atoms with van der Waals surface area (Å²) in [7, 11) is 0. The highest BCUT2D eigenvalue weighted by atomic mass is 32.1. The third-order valence-electron chi connectivity index (χ3n) is 4.60. The second kappa shape index (κ2) is 8.83. The summed E-state index contributed by atoms with van der Waals surface area (Å²) in [4.78, 5) is 44.8. The third-order valence-corrected chi connectivity index (χ3v) is 4.81. The van der Waals surface area contributed by atoms with Crippen LogP contribution >= 0.6 is 12.2 Å². The van der Waals surface area contributed by atoms with Gasteiger partial charge >= 0.3 is 0 Å². The predicted octanol–water partition coefficient (Wildman–Crippen LogP) is 3.29. The summed E-state index contributed by atoms with van der Waals surface area (Å²) in [5.41, 5.74) is 0.363. The van der Waals surface area contributed by atoms with Crippen LogP contribution in [0.2, 0.25) is 0 Å². The van der Waals surface area contributed by atoms with Gasteiger partial charge in [0.1, 0.15) is 0 Å². The lowest BCUT2D eigenvalue weighted by atomic mass is 10.1. The molecule has 2 aromatic rings. The molecule has 1 saturated carbocycles. The number of nitrogens with zero attached hydrogens (tertiary/aromatic N) is 2. The highest BCUT2D eigenvalue weighted by molar-refractivity contribution is 7.80. The van der Waals surface area contributed by atoms with E-state index in [1.807, 2.05) is 0 Å². The third kappa shape index (κ3) is 5.36. The molecule has 3 N–H and O–H groups in total. The molecule has 160 valence electrons. The zero-order valence-corrected chi connectivity index (χ0v) is 17.0. The van der Waals surface area contributed by atoms with Crippen LogP contribution in [-0.2, 0) is 4.79 Å². The van der Waals surface area contributed by atoms with Crippen molar-refractivity contribution in [1.82, 2.24) is 5.32 Å². The number of carbonyl (C=O) groups is 2. The van der Waals surface area contributed by atoms with E-state index in [-0.39, 0.29) is 22.5 Å². The van der Waals surface area contributed by atoms with Gasteiger partial charge in [-0.05, 0) is 49.7 Å². The number of amides is 2. The molecule has 31 heavy (non-hydrogen) atoms. The highest BCUT2D eigenvalue weighted by Gasteiger charge is 2.30. The molecule has 3 rings (SSSR count). The van der Waals surface area contributed by atoms with Crippen LogP contribution in [0.1, 0.15) is 28.8 Å². The van der Waals surface area contributed by atoms with Crippen molar-refractivity contribution in [2.45, 2.75) is 19.8 Å². The monoisotopic (exact) mass is 443 g/mol. The van der Waals surface area contributed by atoms with Crippen LogP contribution in [-0.4, -0.2) is 26.8 Å². The number of nitro benzene ring substituents is 2. The van der Waals surface area contributed by atoms with Gasteiger partial charge in [0.25, 0.3) is 17.3 Å². The van der Waals surface area contributed by atoms with Crippen LogP contribution in [0, 0.1) is 33.1 Å². The molecule has 2 amide bonds. The largest absolute Gasteiger partial charge is 0.332 e. The molecule has 1 aliphatic carbocycles. The second-order valence-electron chi connectivity index (χ2n) is 6.90. The molecule has 0 saturated heterocycles. The highest BCUT2D eigenvalue weighted by Crippen LogP contribution is 2.31. The Hall–Kier alpha value is -3.93. The van der Waals surface area contributed by atoms with Gasteiger partial charge in [-0.15, -0.1) is 0 Å². The minimum Gasteiger partial charge on any atom is -0.332 e. The summed E-state index contributed by atoms with van der Waals surface area (Å²) in [6.07, 6.45) is 1.74. The molecule has 1 fully saturated rings. The van der Waals surface area contributed by atoms with E-state index in [0.717, 1.165) is 31.0 Å². The van der Waals surface area contributed by atoms with Gasteiger partial charge < -0.3 is 10.6 Å². The van der Waals surface area contributed by atoms with Crippen LogP contribution in [0.4, 0.5) is 22.7 Å². The molecule has 0 aromatic heterocycles. The second-order valence-corrected chi connectivity index (χ2v) is 7.31. The van der Waals surface area contributed by atoms with Crippen LogP contribution in [0.5, 0.6) is 0 Å². The Kier molecular flexibility index (Phi) is 6.20. The quantitative estimate of drug-likeness (QED) is 0.349. The number of non-ortho nitro benzene ring substituents is 2. The molecular weight excluding hydrogens is 426 g/mol. The van der Waals surface area contributed by atoms with Gasteiger partial charge in [-0.3, -0.25) is 35.1 Å². The minimum atomic E-state index is -0.847. The maximum Gasteiger partial charge on any atom is 0.277 e. The lowest BCUT2D eigenvalue weighted by molar-refractivity contribution is -0.394. The fraction of sp³-hybridized carbons (Fsp3) is 0.211. The van der Waals surface area contributed by atoms with E-state index < -0.39 is 27.1 Å². The number of nitro groups is 2. The normalized spacial score (nSPS) is 12.5. The van der Waals surface area contributed by atoms with Crippen molar-refractivity contribution in [2.24, 2.45) is 5.92 Å². The first kappa shape index (κ1) is 21.8. The molecule has 0 atom stereocenters. The maximum absolute atomic E-state index is 12.4. The van der Waals surface area contributed by atoms with Crippen molar-refractivity contribution in [3.63, 3.8) is 0 Å². The molecule has 0 heterocycles. The minimum absolute atomic E-state index is 0.0374. The first-order valence-electron chi connectivity index (χ1n) is 9.12. The maximum atomic E-state index is 12.4. The smallest absolute Gasteiger partial charge is 0.277 e. The van der Waals surface area contributed by atoms with Gasteiger partial charge in [0, 0.05) is 29.4 Å². The average Bonchev–Trinajstić information content (AvgIpc) is 3.56. The Morgan fingerprint density at radius 2 is 1.55 bits per heavy atom. The van der Waals surface area contributed by atoms with Crippen LogP contribution < -0.4 is 16.0 Å². The molecule has 0 aliphatic heterocycles. The number of carbonyl (C=O) groups excluding carboxylic acids is 2. The van der Waals surface area contributed by atoms with Crippen molar-refractivity contribution >= 4 is 51.9 Å². The lowest BCUT2D eigenvalue weighted by Crippen LogP contribution is -2.34. The number of rotatable bonds is 6. The predicted molar refractivity (Wildman–Crippen MR) is 116 cm³/mol. The fourth-order valence-electron chi connectivity index (χ4n) is 2.75. The molecule has 11 nitrogen and oxygen atoms in total. The summed E-state index contributed by atoms with van der Waals surface area (Å²) in [6, 6.07) is 7.74. The standard InChI is InChI=1S/C19H17N5O6S/c1-10-15(20-17(25)11-5-6-11)3-2-4-16(10)21-19(31)22-18(26)12-7-13(23(27)28)9-14(8-12)24(29)30/h2-4,7-9,11H,5-6H2,1H3,(H,20,25)(H2,21,22,26,31). The van der Waals surface area contributed by atoms with Crippen molar-refractivity contribution in [1.29, 1.82) is 0 Å². The van der Waals surface area contributed by atoms with Gasteiger partial charge in [-0.1, -0.05) is 6.07 Å². The lowest BCUT2D eigenvalue weighted by Gasteiger charge is -2.15.